The highest BCUT2D eigenvalue weighted by molar-refractivity contribution is 7.89. The number of nitrogens with zero attached hydrogens (tertiary/aromatic N) is 1. The molecule has 0 fully saturated rings. The second kappa shape index (κ2) is 7.05. The lowest BCUT2D eigenvalue weighted by atomic mass is 10.5. The van der Waals surface area contributed by atoms with E-state index in [1.54, 1.807) is 6.20 Å². The first-order valence-electron chi connectivity index (χ1n) is 5.63. The molecule has 0 saturated heterocycles. The van der Waals surface area contributed by atoms with Gasteiger partial charge in [0.25, 0.3) is 0 Å². The standard InChI is InChI=1S/C10H19N3O2S2/c1-3-4-11-5-6-17(14,15)13-8-10-12-7-9(2)16-10/h7,11,13H,3-6,8H2,1-2H3. The van der Waals surface area contributed by atoms with E-state index in [2.05, 4.69) is 15.0 Å². The van der Waals surface area contributed by atoms with E-state index >= 15 is 0 Å². The molecule has 0 aliphatic heterocycles. The summed E-state index contributed by atoms with van der Waals surface area (Å²) in [5.41, 5.74) is 0. The van der Waals surface area contributed by atoms with Crippen molar-refractivity contribution in [2.45, 2.75) is 26.8 Å². The molecule has 1 aromatic heterocycles. The SMILES string of the molecule is CCCNCCS(=O)(=O)NCc1ncc(C)s1. The summed E-state index contributed by atoms with van der Waals surface area (Å²) >= 11 is 1.51. The number of nitrogens with one attached hydrogen (secondary N) is 2. The number of thiazole rings is 1. The van der Waals surface area contributed by atoms with Gasteiger partial charge in [0.2, 0.25) is 10.0 Å². The molecule has 17 heavy (non-hydrogen) atoms. The predicted molar refractivity (Wildman–Crippen MR) is 70.6 cm³/mol. The highest BCUT2D eigenvalue weighted by Gasteiger charge is 2.10. The molecule has 0 aromatic carbocycles. The topological polar surface area (TPSA) is 71.1 Å². The van der Waals surface area contributed by atoms with Crippen molar-refractivity contribution in [1.29, 1.82) is 0 Å². The van der Waals surface area contributed by atoms with E-state index in [0.717, 1.165) is 22.9 Å². The summed E-state index contributed by atoms with van der Waals surface area (Å²) in [6, 6.07) is 0. The molecular formula is C10H19N3O2S2. The van der Waals surface area contributed by atoms with Crippen LogP contribution in [0.5, 0.6) is 0 Å². The van der Waals surface area contributed by atoms with E-state index in [0.29, 0.717) is 6.54 Å². The molecule has 0 saturated carbocycles. The van der Waals surface area contributed by atoms with E-state index in [-0.39, 0.29) is 12.3 Å². The Hall–Kier alpha value is -0.500. The summed E-state index contributed by atoms with van der Waals surface area (Å²) < 4.78 is 25.7. The van der Waals surface area contributed by atoms with Crippen molar-refractivity contribution < 1.29 is 8.42 Å². The second-order valence-corrected chi connectivity index (χ2v) is 7.00. The normalized spacial score (nSPS) is 11.9. The van der Waals surface area contributed by atoms with Crippen molar-refractivity contribution in [2.75, 3.05) is 18.8 Å². The van der Waals surface area contributed by atoms with Crippen LogP contribution in [0.1, 0.15) is 23.2 Å². The molecule has 0 atom stereocenters. The van der Waals surface area contributed by atoms with Gasteiger partial charge in [-0.25, -0.2) is 18.1 Å². The molecule has 2 N–H and O–H groups in total. The third kappa shape index (κ3) is 6.11. The van der Waals surface area contributed by atoms with Gasteiger partial charge in [0.1, 0.15) is 5.01 Å². The van der Waals surface area contributed by atoms with Crippen molar-refractivity contribution >= 4 is 21.4 Å². The Balaban J connectivity index is 2.29. The smallest absolute Gasteiger partial charge is 0.213 e. The number of aromatic nitrogens is 1. The van der Waals surface area contributed by atoms with Crippen molar-refractivity contribution in [1.82, 2.24) is 15.0 Å². The summed E-state index contributed by atoms with van der Waals surface area (Å²) in [6.45, 7) is 5.62. The number of aryl methyl sites for hydroxylation is 1. The van der Waals surface area contributed by atoms with Gasteiger partial charge in [0.15, 0.2) is 0 Å². The van der Waals surface area contributed by atoms with Gasteiger partial charge in [0.05, 0.1) is 12.3 Å². The van der Waals surface area contributed by atoms with Gasteiger partial charge in [-0.15, -0.1) is 11.3 Å². The van der Waals surface area contributed by atoms with E-state index in [4.69, 9.17) is 0 Å². The summed E-state index contributed by atoms with van der Waals surface area (Å²) in [6.07, 6.45) is 2.75. The van der Waals surface area contributed by atoms with Gasteiger partial charge in [-0.1, -0.05) is 6.92 Å². The number of hydrogen-bond acceptors (Lipinski definition) is 5. The van der Waals surface area contributed by atoms with E-state index in [1.807, 2.05) is 13.8 Å². The maximum absolute atomic E-state index is 11.6. The lowest BCUT2D eigenvalue weighted by molar-refractivity contribution is 0.576. The van der Waals surface area contributed by atoms with Crippen molar-refractivity contribution in [3.63, 3.8) is 0 Å². The van der Waals surface area contributed by atoms with Crippen LogP contribution in [-0.4, -0.2) is 32.2 Å². The Bertz CT molecular complexity index is 429. The van der Waals surface area contributed by atoms with E-state index in [9.17, 15) is 8.42 Å². The molecule has 0 spiro atoms. The first kappa shape index (κ1) is 14.6. The molecule has 0 radical (unpaired) electrons. The summed E-state index contributed by atoms with van der Waals surface area (Å²) in [4.78, 5) is 5.19. The lowest BCUT2D eigenvalue weighted by Gasteiger charge is -2.05. The summed E-state index contributed by atoms with van der Waals surface area (Å²) in [5.74, 6) is 0.108. The fourth-order valence-corrected chi connectivity index (χ4v) is 2.97. The second-order valence-electron chi connectivity index (χ2n) is 3.75. The number of sulfonamides is 1. The average Bonchev–Trinajstić information content (AvgIpc) is 2.68. The molecule has 0 unspecified atom stereocenters. The highest BCUT2D eigenvalue weighted by Crippen LogP contribution is 2.10. The minimum absolute atomic E-state index is 0.108. The average molecular weight is 277 g/mol. The maximum Gasteiger partial charge on any atom is 0.213 e. The molecule has 0 aliphatic rings. The number of rotatable bonds is 8. The highest BCUT2D eigenvalue weighted by atomic mass is 32.2. The summed E-state index contributed by atoms with van der Waals surface area (Å²) in [7, 11) is -3.20. The summed E-state index contributed by atoms with van der Waals surface area (Å²) in [5, 5.41) is 3.86. The minimum atomic E-state index is -3.20. The third-order valence-electron chi connectivity index (χ3n) is 2.09. The molecule has 1 rings (SSSR count). The van der Waals surface area contributed by atoms with E-state index < -0.39 is 10.0 Å². The van der Waals surface area contributed by atoms with Gasteiger partial charge in [0, 0.05) is 17.6 Å². The fraction of sp³-hybridized carbons (Fsp3) is 0.700. The Morgan fingerprint density at radius 1 is 1.41 bits per heavy atom. The Labute approximate surface area is 107 Å². The molecule has 1 heterocycles. The minimum Gasteiger partial charge on any atom is -0.316 e. The number of hydrogen-bond donors (Lipinski definition) is 2. The fourth-order valence-electron chi connectivity index (χ4n) is 1.24. The molecule has 7 heteroatoms. The maximum atomic E-state index is 11.6. The first-order valence-corrected chi connectivity index (χ1v) is 8.09. The molecule has 5 nitrogen and oxygen atoms in total. The van der Waals surface area contributed by atoms with Crippen LogP contribution < -0.4 is 10.0 Å². The third-order valence-corrected chi connectivity index (χ3v) is 4.33. The monoisotopic (exact) mass is 277 g/mol. The largest absolute Gasteiger partial charge is 0.316 e. The van der Waals surface area contributed by atoms with Crippen LogP contribution in [0.25, 0.3) is 0 Å². The van der Waals surface area contributed by atoms with Gasteiger partial charge >= 0.3 is 0 Å². The van der Waals surface area contributed by atoms with Crippen LogP contribution in [0.4, 0.5) is 0 Å². The molecule has 0 bridgehead atoms. The molecule has 0 amide bonds. The van der Waals surface area contributed by atoms with Gasteiger partial charge in [-0.3, -0.25) is 0 Å². The van der Waals surface area contributed by atoms with Gasteiger partial charge < -0.3 is 5.32 Å². The van der Waals surface area contributed by atoms with Crippen LogP contribution in [0, 0.1) is 6.92 Å². The van der Waals surface area contributed by atoms with Crippen LogP contribution in [-0.2, 0) is 16.6 Å². The van der Waals surface area contributed by atoms with Crippen molar-refractivity contribution in [3.05, 3.63) is 16.1 Å². The molecular weight excluding hydrogens is 258 g/mol. The van der Waals surface area contributed by atoms with Gasteiger partial charge in [-0.05, 0) is 19.9 Å². The van der Waals surface area contributed by atoms with Crippen LogP contribution in [0.15, 0.2) is 6.20 Å². The zero-order valence-electron chi connectivity index (χ0n) is 10.2. The first-order chi connectivity index (χ1) is 8.03. The Kier molecular flexibility index (Phi) is 6.04. The lowest BCUT2D eigenvalue weighted by Crippen LogP contribution is -2.31. The quantitative estimate of drug-likeness (QED) is 0.692. The molecule has 1 aromatic rings. The van der Waals surface area contributed by atoms with E-state index in [1.165, 1.54) is 11.3 Å². The Morgan fingerprint density at radius 3 is 2.76 bits per heavy atom. The molecule has 0 aliphatic carbocycles. The predicted octanol–water partition coefficient (Wildman–Crippen LogP) is 0.871. The Morgan fingerprint density at radius 2 is 2.18 bits per heavy atom. The van der Waals surface area contributed by atoms with Crippen LogP contribution in [0.3, 0.4) is 0 Å². The molecule has 98 valence electrons. The van der Waals surface area contributed by atoms with Crippen LogP contribution in [0.2, 0.25) is 0 Å². The van der Waals surface area contributed by atoms with Crippen molar-refractivity contribution in [3.8, 4) is 0 Å². The van der Waals surface area contributed by atoms with Gasteiger partial charge in [-0.2, -0.15) is 0 Å². The zero-order chi connectivity index (χ0) is 12.7. The van der Waals surface area contributed by atoms with Crippen molar-refractivity contribution in [2.24, 2.45) is 0 Å². The van der Waals surface area contributed by atoms with Crippen LogP contribution >= 0.6 is 11.3 Å². The zero-order valence-corrected chi connectivity index (χ0v) is 11.8.